The Morgan fingerprint density at radius 3 is 2.60 bits per heavy atom. The van der Waals surface area contributed by atoms with Crippen LogP contribution in [0.1, 0.15) is 37.6 Å². The summed E-state index contributed by atoms with van der Waals surface area (Å²) in [5, 5.41) is 14.2. The number of hydrogen-bond acceptors (Lipinski definition) is 6. The predicted octanol–water partition coefficient (Wildman–Crippen LogP) is 6.59. The molecule has 0 saturated heterocycles. The van der Waals surface area contributed by atoms with E-state index in [9.17, 15) is 4.79 Å². The van der Waals surface area contributed by atoms with Crippen LogP contribution in [0.25, 0.3) is 11.0 Å². The summed E-state index contributed by atoms with van der Waals surface area (Å²) in [4.78, 5) is 17.0. The van der Waals surface area contributed by atoms with Crippen molar-refractivity contribution in [1.82, 2.24) is 14.8 Å². The van der Waals surface area contributed by atoms with Crippen molar-refractivity contribution in [2.24, 2.45) is 0 Å². The van der Waals surface area contributed by atoms with Gasteiger partial charge in [0.05, 0.1) is 16.7 Å². The van der Waals surface area contributed by atoms with E-state index >= 15 is 0 Å². The molecule has 0 unspecified atom stereocenters. The van der Waals surface area contributed by atoms with E-state index in [-0.39, 0.29) is 0 Å². The van der Waals surface area contributed by atoms with Crippen LogP contribution in [-0.4, -0.2) is 26.5 Å². The molecule has 9 heteroatoms. The van der Waals surface area contributed by atoms with Crippen LogP contribution in [0.3, 0.4) is 0 Å². The molecule has 35 heavy (non-hydrogen) atoms. The van der Waals surface area contributed by atoms with Crippen molar-refractivity contribution in [3.63, 3.8) is 0 Å². The second kappa shape index (κ2) is 9.68. The molecule has 0 spiro atoms. The quantitative estimate of drug-likeness (QED) is 0.286. The lowest BCUT2D eigenvalue weighted by molar-refractivity contribution is 0.0522. The number of pyridine rings is 1. The van der Waals surface area contributed by atoms with E-state index < -0.39 is 11.7 Å². The van der Waals surface area contributed by atoms with Gasteiger partial charge in [0, 0.05) is 16.8 Å². The average Bonchev–Trinajstić information content (AvgIpc) is 3.17. The summed E-state index contributed by atoms with van der Waals surface area (Å²) in [7, 11) is 0. The Bertz CT molecular complexity index is 1550. The SMILES string of the molecule is CC(C)(C)OC(=O)n1nc(C#Cc2ccc(Cl)c(Oc3cc(Cl)cc(C#N)c3)c2)c2ncccc21. The molecule has 2 aromatic carbocycles. The van der Waals surface area contributed by atoms with Crippen LogP contribution in [0.15, 0.2) is 54.7 Å². The van der Waals surface area contributed by atoms with Crippen LogP contribution in [0.4, 0.5) is 4.79 Å². The standard InChI is InChI=1S/C26H18Cl2N4O3/c1-26(2,3)35-25(33)32-22-5-4-10-30-24(22)21(31-32)9-7-16-6-8-20(28)23(13-16)34-19-12-17(15-29)11-18(27)14-19/h4-6,8,10-14H,1-3H3. The predicted molar refractivity (Wildman–Crippen MR) is 133 cm³/mol. The molecule has 0 radical (unpaired) electrons. The van der Waals surface area contributed by atoms with Gasteiger partial charge in [0.1, 0.15) is 28.1 Å². The van der Waals surface area contributed by atoms with Crippen molar-refractivity contribution < 1.29 is 14.3 Å². The third-order valence-electron chi connectivity index (χ3n) is 4.49. The normalized spacial score (nSPS) is 10.9. The van der Waals surface area contributed by atoms with Crippen molar-refractivity contribution in [3.05, 3.63) is 81.6 Å². The van der Waals surface area contributed by atoms with Crippen LogP contribution in [0, 0.1) is 23.2 Å². The Hall–Kier alpha value is -4.04. The molecule has 0 aliphatic carbocycles. The molecule has 0 aliphatic rings. The maximum Gasteiger partial charge on any atom is 0.435 e. The zero-order chi connectivity index (χ0) is 25.2. The largest absolute Gasteiger partial charge is 0.456 e. The van der Waals surface area contributed by atoms with Crippen molar-refractivity contribution in [3.8, 4) is 29.4 Å². The van der Waals surface area contributed by atoms with Gasteiger partial charge in [-0.1, -0.05) is 29.1 Å². The Morgan fingerprint density at radius 2 is 1.86 bits per heavy atom. The summed E-state index contributed by atoms with van der Waals surface area (Å²) in [5.74, 6) is 6.68. The Kier molecular flexibility index (Phi) is 6.66. The van der Waals surface area contributed by atoms with Crippen LogP contribution >= 0.6 is 23.2 Å². The van der Waals surface area contributed by atoms with Gasteiger partial charge in [-0.05, 0) is 75.2 Å². The van der Waals surface area contributed by atoms with E-state index in [0.29, 0.717) is 49.4 Å². The highest BCUT2D eigenvalue weighted by Crippen LogP contribution is 2.32. The fraction of sp³-hybridized carbons (Fsp3) is 0.154. The van der Waals surface area contributed by atoms with E-state index in [0.717, 1.165) is 4.68 Å². The van der Waals surface area contributed by atoms with Crippen LogP contribution in [-0.2, 0) is 4.74 Å². The molecule has 2 aromatic heterocycles. The third-order valence-corrected chi connectivity index (χ3v) is 5.02. The van der Waals surface area contributed by atoms with Crippen molar-refractivity contribution in [2.75, 3.05) is 0 Å². The number of benzene rings is 2. The Labute approximate surface area is 211 Å². The maximum absolute atomic E-state index is 12.6. The lowest BCUT2D eigenvalue weighted by atomic mass is 10.2. The molecule has 4 rings (SSSR count). The van der Waals surface area contributed by atoms with E-state index in [1.54, 1.807) is 69.4 Å². The van der Waals surface area contributed by atoms with Gasteiger partial charge in [-0.3, -0.25) is 4.98 Å². The molecule has 0 atom stereocenters. The summed E-state index contributed by atoms with van der Waals surface area (Å²) in [6.07, 6.45) is 0.979. The van der Waals surface area contributed by atoms with Gasteiger partial charge in [0.25, 0.3) is 0 Å². The number of aromatic nitrogens is 3. The van der Waals surface area contributed by atoms with Gasteiger partial charge in [-0.2, -0.15) is 15.0 Å². The number of nitrogens with zero attached hydrogens (tertiary/aromatic N) is 4. The van der Waals surface area contributed by atoms with Crippen LogP contribution in [0.2, 0.25) is 10.0 Å². The zero-order valence-electron chi connectivity index (χ0n) is 19.0. The summed E-state index contributed by atoms with van der Waals surface area (Å²) < 4.78 is 12.4. The molecule has 2 heterocycles. The Balaban J connectivity index is 1.67. The lowest BCUT2D eigenvalue weighted by Crippen LogP contribution is -2.27. The number of halogens is 2. The molecule has 4 aromatic rings. The number of rotatable bonds is 2. The molecule has 0 amide bonds. The van der Waals surface area contributed by atoms with Gasteiger partial charge in [0.15, 0.2) is 5.69 Å². The monoisotopic (exact) mass is 504 g/mol. The molecular weight excluding hydrogens is 487 g/mol. The summed E-state index contributed by atoms with van der Waals surface area (Å²) >= 11 is 12.4. The average molecular weight is 505 g/mol. The summed E-state index contributed by atoms with van der Waals surface area (Å²) in [6.45, 7) is 5.33. The van der Waals surface area contributed by atoms with Gasteiger partial charge in [0.2, 0.25) is 0 Å². The number of nitriles is 1. The second-order valence-electron chi connectivity index (χ2n) is 8.40. The maximum atomic E-state index is 12.6. The van der Waals surface area contributed by atoms with Crippen molar-refractivity contribution in [2.45, 2.75) is 26.4 Å². The first-order chi connectivity index (χ1) is 16.6. The first kappa shape index (κ1) is 24.1. The second-order valence-corrected chi connectivity index (χ2v) is 9.24. The van der Waals surface area contributed by atoms with E-state index in [1.165, 1.54) is 6.07 Å². The smallest absolute Gasteiger partial charge is 0.435 e. The first-order valence-corrected chi connectivity index (χ1v) is 11.2. The number of carbonyl (C=O) groups is 1. The molecule has 0 N–H and O–H groups in total. The molecule has 174 valence electrons. The summed E-state index contributed by atoms with van der Waals surface area (Å²) in [5.41, 5.74) is 1.54. The number of hydrogen-bond donors (Lipinski definition) is 0. The van der Waals surface area contributed by atoms with Crippen molar-refractivity contribution >= 4 is 40.3 Å². The highest BCUT2D eigenvalue weighted by molar-refractivity contribution is 6.32. The minimum atomic E-state index is -0.680. The van der Waals surface area contributed by atoms with Crippen LogP contribution < -0.4 is 4.74 Å². The lowest BCUT2D eigenvalue weighted by Gasteiger charge is -2.19. The molecular formula is C26H18Cl2N4O3. The van der Waals surface area contributed by atoms with E-state index in [4.69, 9.17) is 37.9 Å². The van der Waals surface area contributed by atoms with E-state index in [1.807, 2.05) is 6.07 Å². The zero-order valence-corrected chi connectivity index (χ0v) is 20.5. The molecule has 0 aliphatic heterocycles. The molecule has 0 saturated carbocycles. The first-order valence-electron chi connectivity index (χ1n) is 10.4. The van der Waals surface area contributed by atoms with Gasteiger partial charge in [-0.15, -0.1) is 0 Å². The van der Waals surface area contributed by atoms with Crippen molar-refractivity contribution in [1.29, 1.82) is 5.26 Å². The Morgan fingerprint density at radius 1 is 1.06 bits per heavy atom. The molecule has 0 fully saturated rings. The topological polar surface area (TPSA) is 90.0 Å². The minimum absolute atomic E-state index is 0.317. The molecule has 0 bridgehead atoms. The minimum Gasteiger partial charge on any atom is -0.456 e. The third kappa shape index (κ3) is 5.73. The number of ether oxygens (including phenoxy) is 2. The van der Waals surface area contributed by atoms with Crippen LogP contribution in [0.5, 0.6) is 11.5 Å². The fourth-order valence-electron chi connectivity index (χ4n) is 3.08. The fourth-order valence-corrected chi connectivity index (χ4v) is 3.47. The van der Waals surface area contributed by atoms with Gasteiger partial charge < -0.3 is 9.47 Å². The summed E-state index contributed by atoms with van der Waals surface area (Å²) in [6, 6.07) is 15.2. The van der Waals surface area contributed by atoms with Gasteiger partial charge in [-0.25, -0.2) is 4.79 Å². The number of carbonyl (C=O) groups excluding carboxylic acids is 1. The molecule has 7 nitrogen and oxygen atoms in total. The number of fused-ring (bicyclic) bond motifs is 1. The van der Waals surface area contributed by atoms with E-state index in [2.05, 4.69) is 21.9 Å². The van der Waals surface area contributed by atoms with Gasteiger partial charge >= 0.3 is 6.09 Å². The highest BCUT2D eigenvalue weighted by atomic mass is 35.5. The highest BCUT2D eigenvalue weighted by Gasteiger charge is 2.22.